The third kappa shape index (κ3) is 3.44. The first-order valence-electron chi connectivity index (χ1n) is 8.89. The number of amides is 1. The van der Waals surface area contributed by atoms with Crippen molar-refractivity contribution in [3.05, 3.63) is 52.8 Å². The summed E-state index contributed by atoms with van der Waals surface area (Å²) in [4.78, 5) is 14.7. The summed E-state index contributed by atoms with van der Waals surface area (Å²) in [6.07, 6.45) is 8.04. The first-order valence-corrected chi connectivity index (χ1v) is 9.27. The van der Waals surface area contributed by atoms with E-state index in [2.05, 4.69) is 10.4 Å². The smallest absolute Gasteiger partial charge is 0.257 e. The van der Waals surface area contributed by atoms with Crippen molar-refractivity contribution in [2.75, 3.05) is 7.05 Å². The topological polar surface area (TPSA) is 50.2 Å². The number of fused-ring (bicyclic) bond motifs is 2. The van der Waals surface area contributed by atoms with Crippen LogP contribution in [0.4, 0.5) is 0 Å². The largest absolute Gasteiger partial charge is 0.339 e. The third-order valence-corrected chi connectivity index (χ3v) is 5.86. The molecule has 5 nitrogen and oxygen atoms in total. The molecule has 2 unspecified atom stereocenters. The first kappa shape index (κ1) is 16.6. The Kier molecular flexibility index (Phi) is 4.52. The van der Waals surface area contributed by atoms with Gasteiger partial charge in [0.15, 0.2) is 0 Å². The molecule has 6 heteroatoms. The van der Waals surface area contributed by atoms with Crippen LogP contribution in [0.25, 0.3) is 0 Å². The van der Waals surface area contributed by atoms with E-state index in [9.17, 15) is 4.79 Å². The van der Waals surface area contributed by atoms with Crippen molar-refractivity contribution in [1.82, 2.24) is 20.0 Å². The van der Waals surface area contributed by atoms with Crippen LogP contribution in [0.2, 0.25) is 5.02 Å². The molecule has 132 valence electrons. The van der Waals surface area contributed by atoms with E-state index in [0.29, 0.717) is 35.3 Å². The highest BCUT2D eigenvalue weighted by Crippen LogP contribution is 2.29. The number of carbonyl (C=O) groups excluding carboxylic acids is 1. The van der Waals surface area contributed by atoms with Gasteiger partial charge in [0.05, 0.1) is 18.3 Å². The standard InChI is InChI=1S/C19H23ClN4O/c1-23(17-8-15-6-7-16(9-17)22-15)19(25)14-10-21-24(12-14)11-13-4-2-3-5-18(13)20/h2-5,10,12,15-17,22H,6-9,11H2,1H3. The fraction of sp³-hybridized carbons (Fsp3) is 0.474. The fourth-order valence-electron chi connectivity index (χ4n) is 4.07. The van der Waals surface area contributed by atoms with E-state index in [4.69, 9.17) is 11.6 Å². The summed E-state index contributed by atoms with van der Waals surface area (Å²) in [6, 6.07) is 9.16. The maximum Gasteiger partial charge on any atom is 0.257 e. The van der Waals surface area contributed by atoms with Crippen molar-refractivity contribution < 1.29 is 4.79 Å². The molecule has 2 saturated heterocycles. The Hall–Kier alpha value is -1.85. The fourth-order valence-corrected chi connectivity index (χ4v) is 4.27. The molecule has 0 spiro atoms. The first-order chi connectivity index (χ1) is 12.1. The predicted octanol–water partition coefficient (Wildman–Crippen LogP) is 2.94. The van der Waals surface area contributed by atoms with Crippen molar-refractivity contribution in [2.24, 2.45) is 0 Å². The van der Waals surface area contributed by atoms with Crippen molar-refractivity contribution in [3.63, 3.8) is 0 Å². The summed E-state index contributed by atoms with van der Waals surface area (Å²) in [7, 11) is 1.92. The van der Waals surface area contributed by atoms with Crippen LogP contribution in [0.15, 0.2) is 36.7 Å². The van der Waals surface area contributed by atoms with Crippen LogP contribution in [-0.4, -0.2) is 45.8 Å². The quantitative estimate of drug-likeness (QED) is 0.914. The summed E-state index contributed by atoms with van der Waals surface area (Å²) in [5, 5.41) is 8.68. The third-order valence-electron chi connectivity index (χ3n) is 5.49. The molecule has 2 fully saturated rings. The molecule has 2 aromatic rings. The van der Waals surface area contributed by atoms with E-state index in [0.717, 1.165) is 18.4 Å². The molecule has 0 radical (unpaired) electrons. The summed E-state index contributed by atoms with van der Waals surface area (Å²) >= 11 is 6.21. The zero-order valence-corrected chi connectivity index (χ0v) is 15.1. The van der Waals surface area contributed by atoms with Crippen molar-refractivity contribution in [1.29, 1.82) is 0 Å². The second kappa shape index (κ2) is 6.81. The molecule has 1 amide bonds. The van der Waals surface area contributed by atoms with Crippen LogP contribution in [0.1, 0.15) is 41.6 Å². The van der Waals surface area contributed by atoms with E-state index in [1.54, 1.807) is 10.9 Å². The molecular weight excluding hydrogens is 336 g/mol. The van der Waals surface area contributed by atoms with Gasteiger partial charge in [-0.25, -0.2) is 0 Å². The SMILES string of the molecule is CN(C(=O)c1cnn(Cc2ccccc2Cl)c1)C1CC2CCC(C1)N2. The van der Waals surface area contributed by atoms with Crippen LogP contribution in [0.5, 0.6) is 0 Å². The van der Waals surface area contributed by atoms with Gasteiger partial charge in [0, 0.05) is 36.4 Å². The minimum absolute atomic E-state index is 0.0525. The van der Waals surface area contributed by atoms with E-state index in [1.165, 1.54) is 12.8 Å². The molecule has 1 aromatic carbocycles. The summed E-state index contributed by atoms with van der Waals surface area (Å²) < 4.78 is 1.77. The summed E-state index contributed by atoms with van der Waals surface area (Å²) in [6.45, 7) is 0.564. The predicted molar refractivity (Wildman–Crippen MR) is 97.8 cm³/mol. The molecule has 4 rings (SSSR count). The Morgan fingerprint density at radius 1 is 1.32 bits per heavy atom. The molecule has 3 heterocycles. The maximum atomic E-state index is 12.8. The lowest BCUT2D eigenvalue weighted by Crippen LogP contribution is -2.48. The van der Waals surface area contributed by atoms with Gasteiger partial charge in [-0.15, -0.1) is 0 Å². The van der Waals surface area contributed by atoms with Crippen LogP contribution in [0.3, 0.4) is 0 Å². The Morgan fingerprint density at radius 3 is 2.76 bits per heavy atom. The molecule has 25 heavy (non-hydrogen) atoms. The average molecular weight is 359 g/mol. The van der Waals surface area contributed by atoms with Gasteiger partial charge in [0.25, 0.3) is 5.91 Å². The number of aromatic nitrogens is 2. The number of nitrogens with one attached hydrogen (secondary N) is 1. The Morgan fingerprint density at radius 2 is 2.04 bits per heavy atom. The number of nitrogens with zero attached hydrogens (tertiary/aromatic N) is 3. The second-order valence-electron chi connectivity index (χ2n) is 7.20. The highest BCUT2D eigenvalue weighted by atomic mass is 35.5. The van der Waals surface area contributed by atoms with Crippen LogP contribution in [0, 0.1) is 0 Å². The van der Waals surface area contributed by atoms with Gasteiger partial charge in [-0.2, -0.15) is 5.10 Å². The molecule has 1 aromatic heterocycles. The van der Waals surface area contributed by atoms with Gasteiger partial charge < -0.3 is 10.2 Å². The Balaban J connectivity index is 1.44. The highest BCUT2D eigenvalue weighted by molar-refractivity contribution is 6.31. The van der Waals surface area contributed by atoms with Crippen molar-refractivity contribution in [3.8, 4) is 0 Å². The van der Waals surface area contributed by atoms with Crippen LogP contribution < -0.4 is 5.32 Å². The average Bonchev–Trinajstić information content (AvgIpc) is 3.22. The number of hydrogen-bond donors (Lipinski definition) is 1. The normalized spacial score (nSPS) is 25.1. The number of hydrogen-bond acceptors (Lipinski definition) is 3. The van der Waals surface area contributed by atoms with Crippen LogP contribution in [-0.2, 0) is 6.54 Å². The molecule has 0 aliphatic carbocycles. The minimum Gasteiger partial charge on any atom is -0.339 e. The Bertz CT molecular complexity index is 762. The van der Waals surface area contributed by atoms with Gasteiger partial charge in [-0.1, -0.05) is 29.8 Å². The number of piperidine rings is 1. The van der Waals surface area contributed by atoms with E-state index < -0.39 is 0 Å². The van der Waals surface area contributed by atoms with E-state index in [-0.39, 0.29) is 5.91 Å². The van der Waals surface area contributed by atoms with Gasteiger partial charge in [-0.05, 0) is 37.3 Å². The van der Waals surface area contributed by atoms with Gasteiger partial charge in [0.2, 0.25) is 0 Å². The monoisotopic (exact) mass is 358 g/mol. The zero-order valence-electron chi connectivity index (χ0n) is 14.4. The number of rotatable bonds is 4. The number of carbonyl (C=O) groups is 1. The maximum absolute atomic E-state index is 12.8. The minimum atomic E-state index is 0.0525. The van der Waals surface area contributed by atoms with Gasteiger partial charge >= 0.3 is 0 Å². The zero-order chi connectivity index (χ0) is 17.4. The van der Waals surface area contributed by atoms with Crippen molar-refractivity contribution in [2.45, 2.75) is 50.4 Å². The van der Waals surface area contributed by atoms with E-state index in [1.807, 2.05) is 42.4 Å². The summed E-state index contributed by atoms with van der Waals surface area (Å²) in [5.74, 6) is 0.0525. The molecule has 2 bridgehead atoms. The van der Waals surface area contributed by atoms with Crippen molar-refractivity contribution >= 4 is 17.5 Å². The lowest BCUT2D eigenvalue weighted by Gasteiger charge is -2.35. The molecule has 2 aliphatic heterocycles. The Labute approximate surface area is 153 Å². The molecule has 2 atom stereocenters. The second-order valence-corrected chi connectivity index (χ2v) is 7.60. The molecular formula is C19H23ClN4O. The molecule has 0 saturated carbocycles. The van der Waals surface area contributed by atoms with Crippen LogP contribution >= 0.6 is 11.6 Å². The van der Waals surface area contributed by atoms with E-state index >= 15 is 0 Å². The lowest BCUT2D eigenvalue weighted by atomic mass is 9.98. The lowest BCUT2D eigenvalue weighted by molar-refractivity contribution is 0.0681. The van der Waals surface area contributed by atoms with Gasteiger partial charge in [0.1, 0.15) is 0 Å². The van der Waals surface area contributed by atoms with Gasteiger partial charge in [-0.3, -0.25) is 9.48 Å². The summed E-state index contributed by atoms with van der Waals surface area (Å²) in [5.41, 5.74) is 1.63. The number of halogens is 1. The molecule has 2 aliphatic rings. The highest BCUT2D eigenvalue weighted by Gasteiger charge is 2.36. The number of benzene rings is 1. The molecule has 1 N–H and O–H groups in total.